The van der Waals surface area contributed by atoms with Gasteiger partial charge in [-0.2, -0.15) is 0 Å². The Balaban J connectivity index is 1.54. The van der Waals surface area contributed by atoms with Crippen molar-refractivity contribution >= 4 is 22.9 Å². The molecule has 3 rings (SSSR count). The predicted octanol–water partition coefficient (Wildman–Crippen LogP) is 1.26. The summed E-state index contributed by atoms with van der Waals surface area (Å²) in [6.45, 7) is 1.33. The van der Waals surface area contributed by atoms with E-state index >= 15 is 0 Å². The smallest absolute Gasteiger partial charge is 0.330 e. The molecule has 7 nitrogen and oxygen atoms in total. The van der Waals surface area contributed by atoms with Gasteiger partial charge in [0.25, 0.3) is 5.56 Å². The molecule has 0 radical (unpaired) electrons. The highest BCUT2D eigenvalue weighted by Gasteiger charge is 2.05. The minimum absolute atomic E-state index is 0.275. The lowest BCUT2D eigenvalue weighted by molar-refractivity contribution is -0.116. The van der Waals surface area contributed by atoms with Crippen LogP contribution in [0.4, 0.5) is 0 Å². The molecule has 0 aliphatic rings. The number of carbonyl (C=O) groups excluding carboxylic acids is 1. The van der Waals surface area contributed by atoms with Crippen LogP contribution in [0.25, 0.3) is 17.0 Å². The van der Waals surface area contributed by atoms with E-state index in [2.05, 4.69) is 28.1 Å². The zero-order valence-corrected chi connectivity index (χ0v) is 15.4. The highest BCUT2D eigenvalue weighted by molar-refractivity contribution is 5.91. The second kappa shape index (κ2) is 7.90. The maximum absolute atomic E-state index is 12.0. The van der Waals surface area contributed by atoms with Crippen molar-refractivity contribution in [2.75, 3.05) is 6.54 Å². The minimum Gasteiger partial charge on any atom is -0.352 e. The van der Waals surface area contributed by atoms with Gasteiger partial charge in [-0.3, -0.25) is 14.2 Å². The van der Waals surface area contributed by atoms with E-state index < -0.39 is 11.2 Å². The van der Waals surface area contributed by atoms with E-state index in [1.54, 1.807) is 7.05 Å². The lowest BCUT2D eigenvalue weighted by Crippen LogP contribution is -2.37. The standard InChI is InChI=1S/C20H22N4O3/c1-22-14-16(19(26)23(2)20(22)27)8-9-18(25)21-11-5-12-24-13-10-15-6-3-4-7-17(15)24/h3-4,6-10,13-14H,5,11-12H2,1-2H3,(H,21,25)/b9-8+. The Morgan fingerprint density at radius 3 is 2.74 bits per heavy atom. The van der Waals surface area contributed by atoms with Gasteiger partial charge in [0.05, 0.1) is 5.56 Å². The number of benzene rings is 1. The first-order valence-electron chi connectivity index (χ1n) is 8.74. The monoisotopic (exact) mass is 366 g/mol. The highest BCUT2D eigenvalue weighted by atomic mass is 16.2. The van der Waals surface area contributed by atoms with Crippen molar-refractivity contribution in [1.29, 1.82) is 0 Å². The Bertz CT molecular complexity index is 1120. The van der Waals surface area contributed by atoms with Crippen molar-refractivity contribution in [2.45, 2.75) is 13.0 Å². The second-order valence-corrected chi connectivity index (χ2v) is 6.39. The number of nitrogens with zero attached hydrogens (tertiary/aromatic N) is 3. The van der Waals surface area contributed by atoms with Gasteiger partial charge in [0, 0.05) is 51.2 Å². The number of rotatable bonds is 6. The number of amides is 1. The minimum atomic E-state index is -0.429. The van der Waals surface area contributed by atoms with Crippen molar-refractivity contribution in [1.82, 2.24) is 19.0 Å². The molecular weight excluding hydrogens is 344 g/mol. The fourth-order valence-corrected chi connectivity index (χ4v) is 2.97. The number of hydrogen-bond donors (Lipinski definition) is 1. The van der Waals surface area contributed by atoms with Gasteiger partial charge < -0.3 is 14.5 Å². The third-order valence-corrected chi connectivity index (χ3v) is 4.44. The predicted molar refractivity (Wildman–Crippen MR) is 106 cm³/mol. The van der Waals surface area contributed by atoms with Crippen LogP contribution in [-0.4, -0.2) is 26.2 Å². The molecule has 3 aromatic rings. The van der Waals surface area contributed by atoms with Crippen molar-refractivity contribution in [2.24, 2.45) is 14.1 Å². The van der Waals surface area contributed by atoms with Crippen LogP contribution in [0.2, 0.25) is 0 Å². The van der Waals surface area contributed by atoms with Crippen molar-refractivity contribution in [3.05, 3.63) is 75.2 Å². The van der Waals surface area contributed by atoms with Gasteiger partial charge in [-0.1, -0.05) is 18.2 Å². The molecule has 0 aliphatic heterocycles. The van der Waals surface area contributed by atoms with Gasteiger partial charge in [-0.15, -0.1) is 0 Å². The molecule has 0 aliphatic carbocycles. The van der Waals surface area contributed by atoms with Crippen LogP contribution in [0.15, 0.2) is 58.4 Å². The average molecular weight is 366 g/mol. The first-order chi connectivity index (χ1) is 13.0. The maximum atomic E-state index is 12.0. The Labute approximate surface area is 156 Å². The molecule has 0 saturated heterocycles. The molecular formula is C20H22N4O3. The largest absolute Gasteiger partial charge is 0.352 e. The summed E-state index contributed by atoms with van der Waals surface area (Å²) in [6.07, 6.45) is 7.00. The van der Waals surface area contributed by atoms with Gasteiger partial charge in [0.15, 0.2) is 0 Å². The summed E-state index contributed by atoms with van der Waals surface area (Å²) >= 11 is 0. The van der Waals surface area contributed by atoms with Crippen LogP contribution < -0.4 is 16.6 Å². The van der Waals surface area contributed by atoms with Gasteiger partial charge >= 0.3 is 5.69 Å². The number of aryl methyl sites for hydroxylation is 2. The van der Waals surface area contributed by atoms with Crippen LogP contribution in [-0.2, 0) is 25.4 Å². The first-order valence-corrected chi connectivity index (χ1v) is 8.74. The van der Waals surface area contributed by atoms with Gasteiger partial charge in [-0.25, -0.2) is 4.79 Å². The first kappa shape index (κ1) is 18.4. The third kappa shape index (κ3) is 4.08. The van der Waals surface area contributed by atoms with E-state index in [-0.39, 0.29) is 11.5 Å². The summed E-state index contributed by atoms with van der Waals surface area (Å²) in [6, 6.07) is 10.2. The molecule has 7 heteroatoms. The fraction of sp³-hybridized carbons (Fsp3) is 0.250. The van der Waals surface area contributed by atoms with Crippen LogP contribution in [0.5, 0.6) is 0 Å². The number of fused-ring (bicyclic) bond motifs is 1. The van der Waals surface area contributed by atoms with Crippen molar-refractivity contribution in [3.63, 3.8) is 0 Å². The number of nitrogens with one attached hydrogen (secondary N) is 1. The van der Waals surface area contributed by atoms with Gasteiger partial charge in [0.1, 0.15) is 0 Å². The van der Waals surface area contributed by atoms with Crippen LogP contribution >= 0.6 is 0 Å². The summed E-state index contributed by atoms with van der Waals surface area (Å²) in [4.78, 5) is 35.6. The number of para-hydroxylation sites is 1. The van der Waals surface area contributed by atoms with E-state index in [1.807, 2.05) is 18.3 Å². The SMILES string of the molecule is Cn1cc(/C=C/C(=O)NCCCn2ccc3ccccc32)c(=O)n(C)c1=O. The summed E-state index contributed by atoms with van der Waals surface area (Å²) in [5.41, 5.74) is 0.628. The van der Waals surface area contributed by atoms with Crippen molar-refractivity contribution < 1.29 is 4.79 Å². The Morgan fingerprint density at radius 1 is 1.15 bits per heavy atom. The molecule has 140 valence electrons. The van der Waals surface area contributed by atoms with Gasteiger partial charge in [0.2, 0.25) is 5.91 Å². The van der Waals surface area contributed by atoms with E-state index in [9.17, 15) is 14.4 Å². The Morgan fingerprint density at radius 2 is 1.93 bits per heavy atom. The number of carbonyl (C=O) groups is 1. The quantitative estimate of drug-likeness (QED) is 0.527. The zero-order chi connectivity index (χ0) is 19.4. The molecule has 0 atom stereocenters. The molecule has 0 bridgehead atoms. The zero-order valence-electron chi connectivity index (χ0n) is 15.4. The normalized spacial score (nSPS) is 11.3. The molecule has 2 heterocycles. The molecule has 0 spiro atoms. The molecule has 0 fully saturated rings. The fourth-order valence-electron chi connectivity index (χ4n) is 2.97. The Kier molecular flexibility index (Phi) is 5.40. The molecule has 0 unspecified atom stereocenters. The van der Waals surface area contributed by atoms with Crippen molar-refractivity contribution in [3.8, 4) is 0 Å². The van der Waals surface area contributed by atoms with E-state index in [0.29, 0.717) is 6.54 Å². The van der Waals surface area contributed by atoms with Crippen LogP contribution in [0.1, 0.15) is 12.0 Å². The van der Waals surface area contributed by atoms with Gasteiger partial charge in [-0.05, 0) is 30.0 Å². The summed E-state index contributed by atoms with van der Waals surface area (Å²) < 4.78 is 4.48. The molecule has 0 saturated carbocycles. The van der Waals surface area contributed by atoms with E-state index in [4.69, 9.17) is 0 Å². The third-order valence-electron chi connectivity index (χ3n) is 4.44. The Hall–Kier alpha value is -3.35. The lowest BCUT2D eigenvalue weighted by Gasteiger charge is -2.06. The van der Waals surface area contributed by atoms with E-state index in [0.717, 1.165) is 17.5 Å². The topological polar surface area (TPSA) is 78.0 Å². The molecule has 27 heavy (non-hydrogen) atoms. The number of aromatic nitrogens is 3. The maximum Gasteiger partial charge on any atom is 0.330 e. The summed E-state index contributed by atoms with van der Waals surface area (Å²) in [5.74, 6) is -0.275. The average Bonchev–Trinajstić information content (AvgIpc) is 3.08. The molecule has 2 aromatic heterocycles. The van der Waals surface area contributed by atoms with Crippen LogP contribution in [0.3, 0.4) is 0 Å². The van der Waals surface area contributed by atoms with E-state index in [1.165, 1.54) is 40.9 Å². The lowest BCUT2D eigenvalue weighted by atomic mass is 10.2. The molecule has 1 N–H and O–H groups in total. The molecule has 1 amide bonds. The van der Waals surface area contributed by atoms with Crippen LogP contribution in [0, 0.1) is 0 Å². The second-order valence-electron chi connectivity index (χ2n) is 6.39. The molecule has 1 aromatic carbocycles. The highest BCUT2D eigenvalue weighted by Crippen LogP contribution is 2.15. The summed E-state index contributed by atoms with van der Waals surface area (Å²) in [5, 5.41) is 4.00. The summed E-state index contributed by atoms with van der Waals surface area (Å²) in [7, 11) is 2.97. The number of hydrogen-bond acceptors (Lipinski definition) is 3.